The average molecular weight is 451 g/mol. The minimum absolute atomic E-state index is 0.0288. The zero-order valence-corrected chi connectivity index (χ0v) is 18.5. The summed E-state index contributed by atoms with van der Waals surface area (Å²) in [6, 6.07) is 6.13. The summed E-state index contributed by atoms with van der Waals surface area (Å²) >= 11 is 0. The summed E-state index contributed by atoms with van der Waals surface area (Å²) in [5.74, 6) is 0.131. The Hall–Kier alpha value is -2.30. The Bertz CT molecular complexity index is 1030. The Balaban J connectivity index is 1.37. The van der Waals surface area contributed by atoms with Gasteiger partial charge in [0.1, 0.15) is 17.7 Å². The summed E-state index contributed by atoms with van der Waals surface area (Å²) in [5, 5.41) is 0.0487. The van der Waals surface area contributed by atoms with E-state index in [0.717, 1.165) is 5.56 Å². The topological polar surface area (TPSA) is 84.7 Å². The van der Waals surface area contributed by atoms with Crippen molar-refractivity contribution in [2.45, 2.75) is 30.9 Å². The molecule has 1 amide bonds. The van der Waals surface area contributed by atoms with Gasteiger partial charge in [-0.05, 0) is 37.5 Å². The molecule has 168 valence electrons. The number of aromatic nitrogens is 2. The maximum atomic E-state index is 13.2. The van der Waals surface area contributed by atoms with Crippen LogP contribution in [-0.4, -0.2) is 65.9 Å². The molecule has 31 heavy (non-hydrogen) atoms. The number of aryl methyl sites for hydroxylation is 2. The van der Waals surface area contributed by atoms with Gasteiger partial charge in [-0.2, -0.15) is 4.31 Å². The maximum Gasteiger partial charge on any atom is 0.262 e. The largest absolute Gasteiger partial charge is 0.370 e. The van der Waals surface area contributed by atoms with E-state index in [0.29, 0.717) is 51.5 Å². The quantitative estimate of drug-likeness (QED) is 0.710. The molecule has 2 aromatic rings. The summed E-state index contributed by atoms with van der Waals surface area (Å²) in [7, 11) is -1.90. The Morgan fingerprint density at radius 2 is 1.84 bits per heavy atom. The van der Waals surface area contributed by atoms with Gasteiger partial charge >= 0.3 is 0 Å². The van der Waals surface area contributed by atoms with E-state index >= 15 is 0 Å². The van der Waals surface area contributed by atoms with Gasteiger partial charge in [-0.25, -0.2) is 17.8 Å². The highest BCUT2D eigenvalue weighted by molar-refractivity contribution is 7.89. The Kier molecular flexibility index (Phi) is 6.14. The lowest BCUT2D eigenvalue weighted by Crippen LogP contribution is -2.48. The van der Waals surface area contributed by atoms with Gasteiger partial charge in [0.25, 0.3) is 10.0 Å². The van der Waals surface area contributed by atoms with E-state index in [1.165, 1.54) is 22.6 Å². The molecular weight excluding hydrogens is 423 g/mol. The third kappa shape index (κ3) is 4.51. The van der Waals surface area contributed by atoms with E-state index < -0.39 is 10.0 Å². The summed E-state index contributed by atoms with van der Waals surface area (Å²) in [4.78, 5) is 19.0. The van der Waals surface area contributed by atoms with Crippen molar-refractivity contribution >= 4 is 15.9 Å². The van der Waals surface area contributed by atoms with E-state index in [1.807, 2.05) is 0 Å². The first kappa shape index (κ1) is 21.9. The summed E-state index contributed by atoms with van der Waals surface area (Å²) in [5.41, 5.74) is 0.838. The number of piperidine rings is 1. The predicted molar refractivity (Wildman–Crippen MR) is 111 cm³/mol. The fourth-order valence-corrected chi connectivity index (χ4v) is 5.61. The second kappa shape index (κ2) is 8.68. The number of hydrogen-bond donors (Lipinski definition) is 0. The van der Waals surface area contributed by atoms with Crippen molar-refractivity contribution in [3.8, 4) is 0 Å². The Morgan fingerprint density at radius 1 is 1.16 bits per heavy atom. The fraction of sp³-hybridized carbons (Fsp3) is 0.524. The number of carbonyl (C=O) groups excluding carboxylic acids is 1. The van der Waals surface area contributed by atoms with Crippen molar-refractivity contribution in [2.75, 3.05) is 32.8 Å². The molecule has 0 aliphatic carbocycles. The normalized spacial score (nSPS) is 21.4. The zero-order chi connectivity index (χ0) is 22.2. The highest BCUT2D eigenvalue weighted by atomic mass is 32.2. The van der Waals surface area contributed by atoms with Crippen LogP contribution in [0.4, 0.5) is 4.39 Å². The summed E-state index contributed by atoms with van der Waals surface area (Å²) in [6.45, 7) is 3.67. The van der Waals surface area contributed by atoms with Crippen LogP contribution in [0, 0.1) is 18.7 Å². The van der Waals surface area contributed by atoms with Crippen LogP contribution in [0.1, 0.15) is 30.3 Å². The van der Waals surface area contributed by atoms with Crippen LogP contribution in [0.15, 0.2) is 35.5 Å². The highest BCUT2D eigenvalue weighted by Gasteiger charge is 2.36. The third-order valence-corrected chi connectivity index (χ3v) is 7.88. The molecule has 2 aliphatic heterocycles. The molecule has 1 unspecified atom stereocenters. The SMILES string of the molecule is Cc1nc(S(=O)(=O)N2CCC(C(=O)N3CCOC(c4ccc(F)cc4)C3)CC2)cn1C. The van der Waals surface area contributed by atoms with Crippen LogP contribution in [0.2, 0.25) is 0 Å². The van der Waals surface area contributed by atoms with E-state index in [4.69, 9.17) is 4.74 Å². The van der Waals surface area contributed by atoms with Crippen molar-refractivity contribution in [1.29, 1.82) is 0 Å². The molecule has 1 aromatic heterocycles. The van der Waals surface area contributed by atoms with Crippen molar-refractivity contribution in [3.05, 3.63) is 47.7 Å². The number of sulfonamides is 1. The van der Waals surface area contributed by atoms with Crippen molar-refractivity contribution < 1.29 is 22.3 Å². The van der Waals surface area contributed by atoms with Gasteiger partial charge in [0.15, 0.2) is 5.03 Å². The molecule has 0 radical (unpaired) electrons. The summed E-state index contributed by atoms with van der Waals surface area (Å²) < 4.78 is 47.8. The molecule has 10 heteroatoms. The first-order valence-corrected chi connectivity index (χ1v) is 11.9. The number of carbonyl (C=O) groups is 1. The van der Waals surface area contributed by atoms with Gasteiger partial charge in [-0.1, -0.05) is 12.1 Å². The van der Waals surface area contributed by atoms with Crippen molar-refractivity contribution in [3.63, 3.8) is 0 Å². The lowest BCUT2D eigenvalue weighted by Gasteiger charge is -2.37. The minimum Gasteiger partial charge on any atom is -0.370 e. The number of nitrogens with zero attached hydrogens (tertiary/aromatic N) is 4. The predicted octanol–water partition coefficient (Wildman–Crippen LogP) is 1.87. The highest BCUT2D eigenvalue weighted by Crippen LogP contribution is 2.28. The van der Waals surface area contributed by atoms with Gasteiger partial charge in [-0.3, -0.25) is 4.79 Å². The van der Waals surface area contributed by atoms with Crippen molar-refractivity contribution in [2.24, 2.45) is 13.0 Å². The van der Waals surface area contributed by atoms with E-state index in [9.17, 15) is 17.6 Å². The molecule has 3 heterocycles. The van der Waals surface area contributed by atoms with Gasteiger partial charge in [0, 0.05) is 38.8 Å². The number of ether oxygens (including phenoxy) is 1. The van der Waals surface area contributed by atoms with Gasteiger partial charge in [0.2, 0.25) is 5.91 Å². The summed E-state index contributed by atoms with van der Waals surface area (Å²) in [6.07, 6.45) is 2.18. The van der Waals surface area contributed by atoms with E-state index in [1.54, 1.807) is 35.6 Å². The number of benzene rings is 1. The molecule has 0 bridgehead atoms. The monoisotopic (exact) mass is 450 g/mol. The van der Waals surface area contributed by atoms with Gasteiger partial charge < -0.3 is 14.2 Å². The molecule has 2 aliphatic rings. The number of halogens is 1. The van der Waals surface area contributed by atoms with Crippen LogP contribution in [0.5, 0.6) is 0 Å². The molecule has 0 N–H and O–H groups in total. The van der Waals surface area contributed by atoms with Crippen LogP contribution in [-0.2, 0) is 26.6 Å². The molecule has 0 saturated carbocycles. The van der Waals surface area contributed by atoms with Crippen LogP contribution in [0.25, 0.3) is 0 Å². The lowest BCUT2D eigenvalue weighted by atomic mass is 9.96. The number of hydrogen-bond acceptors (Lipinski definition) is 5. The van der Waals surface area contributed by atoms with Crippen LogP contribution < -0.4 is 0 Å². The molecule has 1 atom stereocenters. The Morgan fingerprint density at radius 3 is 2.45 bits per heavy atom. The van der Waals surface area contributed by atoms with E-state index in [2.05, 4.69) is 4.98 Å². The standard InChI is InChI=1S/C21H27FN4O4S/c1-15-23-20(14-24(15)2)31(28,29)26-9-7-17(8-10-26)21(27)25-11-12-30-19(13-25)16-3-5-18(22)6-4-16/h3-6,14,17,19H,7-13H2,1-2H3. The number of morpholine rings is 1. The molecular formula is C21H27FN4O4S. The molecule has 2 fully saturated rings. The number of rotatable bonds is 4. The van der Waals surface area contributed by atoms with Crippen molar-refractivity contribution in [1.82, 2.24) is 18.8 Å². The zero-order valence-electron chi connectivity index (χ0n) is 17.7. The first-order chi connectivity index (χ1) is 14.8. The third-order valence-electron chi connectivity index (χ3n) is 6.11. The number of amides is 1. The smallest absolute Gasteiger partial charge is 0.262 e. The number of imidazole rings is 1. The van der Waals surface area contributed by atoms with Gasteiger partial charge in [0.05, 0.1) is 13.2 Å². The molecule has 2 saturated heterocycles. The molecule has 1 aromatic carbocycles. The molecule has 4 rings (SSSR count). The fourth-order valence-electron chi connectivity index (χ4n) is 4.11. The van der Waals surface area contributed by atoms with Crippen LogP contribution in [0.3, 0.4) is 0 Å². The van der Waals surface area contributed by atoms with Gasteiger partial charge in [-0.15, -0.1) is 0 Å². The second-order valence-corrected chi connectivity index (χ2v) is 10.00. The first-order valence-electron chi connectivity index (χ1n) is 10.4. The van der Waals surface area contributed by atoms with Crippen LogP contribution >= 0.6 is 0 Å². The minimum atomic E-state index is -3.66. The Labute approximate surface area is 181 Å². The average Bonchev–Trinajstić information content (AvgIpc) is 3.13. The maximum absolute atomic E-state index is 13.2. The molecule has 0 spiro atoms. The molecule has 8 nitrogen and oxygen atoms in total. The lowest BCUT2D eigenvalue weighted by molar-refractivity contribution is -0.144. The second-order valence-electron chi connectivity index (χ2n) is 8.11. The van der Waals surface area contributed by atoms with E-state index in [-0.39, 0.29) is 28.8 Å².